The standard InChI is InChI=1S/C31H39F3N2O3/c1-30(21-26(30)22-12-16-25(39-2)17-13-22)18-6-3-5-9-27(29(38)36-19-7-4-8-20-36)35-28(37)23-10-14-24(15-11-23)31(32,33)34/h10-17,26-27H,3-9,18-21H2,1-2H3,(H,35,37)/t26-,27-,30?/m0/s1. The lowest BCUT2D eigenvalue weighted by molar-refractivity contribution is -0.137. The largest absolute Gasteiger partial charge is 0.497 e. The lowest BCUT2D eigenvalue weighted by Crippen LogP contribution is -2.50. The highest BCUT2D eigenvalue weighted by molar-refractivity contribution is 5.97. The lowest BCUT2D eigenvalue weighted by atomic mass is 9.94. The molecule has 0 bridgehead atoms. The number of carbonyl (C=O) groups is 2. The first-order chi connectivity index (χ1) is 18.6. The van der Waals surface area contributed by atoms with Crippen LogP contribution in [0.15, 0.2) is 48.5 Å². The Morgan fingerprint density at radius 1 is 1.00 bits per heavy atom. The summed E-state index contributed by atoms with van der Waals surface area (Å²) < 4.78 is 44.0. The van der Waals surface area contributed by atoms with E-state index in [1.807, 2.05) is 17.0 Å². The van der Waals surface area contributed by atoms with Crippen molar-refractivity contribution in [3.05, 3.63) is 65.2 Å². The molecule has 1 N–H and O–H groups in total. The van der Waals surface area contributed by atoms with Crippen LogP contribution in [0.25, 0.3) is 0 Å². The molecular formula is C31H39F3N2O3. The molecule has 1 saturated heterocycles. The van der Waals surface area contributed by atoms with Crippen molar-refractivity contribution >= 4 is 11.8 Å². The number of unbranched alkanes of at least 4 members (excludes halogenated alkanes) is 2. The van der Waals surface area contributed by atoms with Crippen LogP contribution in [0.1, 0.15) is 92.1 Å². The van der Waals surface area contributed by atoms with Gasteiger partial charge >= 0.3 is 6.18 Å². The number of nitrogens with zero attached hydrogens (tertiary/aromatic N) is 1. The zero-order valence-corrected chi connectivity index (χ0v) is 22.9. The maximum atomic E-state index is 13.3. The van der Waals surface area contributed by atoms with Gasteiger partial charge < -0.3 is 15.0 Å². The monoisotopic (exact) mass is 544 g/mol. The van der Waals surface area contributed by atoms with Crippen LogP contribution in [-0.2, 0) is 11.0 Å². The zero-order chi connectivity index (χ0) is 28.0. The summed E-state index contributed by atoms with van der Waals surface area (Å²) in [6, 6.07) is 11.7. The number of carbonyl (C=O) groups excluding carboxylic acids is 2. The third-order valence-electron chi connectivity index (χ3n) is 8.36. The normalized spacial score (nSPS) is 21.8. The van der Waals surface area contributed by atoms with E-state index < -0.39 is 23.7 Å². The van der Waals surface area contributed by atoms with Crippen LogP contribution in [0.5, 0.6) is 5.75 Å². The van der Waals surface area contributed by atoms with Gasteiger partial charge in [0.25, 0.3) is 5.91 Å². The summed E-state index contributed by atoms with van der Waals surface area (Å²) in [5, 5.41) is 2.82. The van der Waals surface area contributed by atoms with Gasteiger partial charge in [-0.2, -0.15) is 13.2 Å². The Morgan fingerprint density at radius 3 is 2.28 bits per heavy atom. The van der Waals surface area contributed by atoms with Gasteiger partial charge in [0.1, 0.15) is 11.8 Å². The van der Waals surface area contributed by atoms with Gasteiger partial charge in [-0.1, -0.05) is 38.3 Å². The van der Waals surface area contributed by atoms with Crippen molar-refractivity contribution in [2.75, 3.05) is 20.2 Å². The van der Waals surface area contributed by atoms with E-state index in [-0.39, 0.29) is 16.9 Å². The number of piperidine rings is 1. The second-order valence-electron chi connectivity index (χ2n) is 11.3. The predicted octanol–water partition coefficient (Wildman–Crippen LogP) is 6.97. The number of ether oxygens (including phenoxy) is 1. The van der Waals surface area contributed by atoms with Crippen LogP contribution < -0.4 is 10.1 Å². The van der Waals surface area contributed by atoms with E-state index in [1.165, 1.54) is 12.0 Å². The molecule has 5 nitrogen and oxygen atoms in total. The molecule has 2 aromatic rings. The second-order valence-corrected chi connectivity index (χ2v) is 11.3. The number of alkyl halides is 3. The Kier molecular flexibility index (Phi) is 9.23. The molecule has 4 rings (SSSR count). The van der Waals surface area contributed by atoms with Crippen molar-refractivity contribution in [2.45, 2.75) is 82.8 Å². The predicted molar refractivity (Wildman–Crippen MR) is 145 cm³/mol. The summed E-state index contributed by atoms with van der Waals surface area (Å²) in [5.41, 5.74) is 0.940. The lowest BCUT2D eigenvalue weighted by Gasteiger charge is -2.31. The highest BCUT2D eigenvalue weighted by atomic mass is 19.4. The molecule has 39 heavy (non-hydrogen) atoms. The molecule has 0 aromatic heterocycles. The van der Waals surface area contributed by atoms with E-state index in [0.29, 0.717) is 25.4 Å². The summed E-state index contributed by atoms with van der Waals surface area (Å²) in [6.45, 7) is 3.68. The molecule has 1 saturated carbocycles. The van der Waals surface area contributed by atoms with Crippen LogP contribution in [0.4, 0.5) is 13.2 Å². The summed E-state index contributed by atoms with van der Waals surface area (Å²) >= 11 is 0. The third-order valence-corrected chi connectivity index (χ3v) is 8.36. The third kappa shape index (κ3) is 7.55. The minimum absolute atomic E-state index is 0.0938. The maximum Gasteiger partial charge on any atom is 0.416 e. The minimum atomic E-state index is -4.46. The highest BCUT2D eigenvalue weighted by Crippen LogP contribution is 2.62. The molecule has 1 aliphatic carbocycles. The van der Waals surface area contributed by atoms with Crippen LogP contribution in [0, 0.1) is 5.41 Å². The summed E-state index contributed by atoms with van der Waals surface area (Å²) in [6.07, 6.45) is 4.08. The number of methoxy groups -OCH3 is 1. The average molecular weight is 545 g/mol. The van der Waals surface area contributed by atoms with Crippen molar-refractivity contribution in [1.29, 1.82) is 0 Å². The Bertz CT molecular complexity index is 1110. The summed E-state index contributed by atoms with van der Waals surface area (Å²) in [5.74, 6) is 0.802. The Labute approximate surface area is 229 Å². The number of hydrogen-bond acceptors (Lipinski definition) is 3. The van der Waals surface area contributed by atoms with Gasteiger partial charge in [0, 0.05) is 18.7 Å². The topological polar surface area (TPSA) is 58.6 Å². The van der Waals surface area contributed by atoms with Crippen molar-refractivity contribution in [3.63, 3.8) is 0 Å². The molecule has 2 fully saturated rings. The van der Waals surface area contributed by atoms with Crippen molar-refractivity contribution in [2.24, 2.45) is 5.41 Å². The van der Waals surface area contributed by atoms with E-state index in [0.717, 1.165) is 75.0 Å². The van der Waals surface area contributed by atoms with Gasteiger partial charge in [0.15, 0.2) is 0 Å². The Hall–Kier alpha value is -3.03. The van der Waals surface area contributed by atoms with Gasteiger partial charge in [0.05, 0.1) is 12.7 Å². The van der Waals surface area contributed by atoms with Crippen LogP contribution >= 0.6 is 0 Å². The second kappa shape index (κ2) is 12.4. The first kappa shape index (κ1) is 29.0. The molecular weight excluding hydrogens is 505 g/mol. The molecule has 2 amide bonds. The zero-order valence-electron chi connectivity index (χ0n) is 22.9. The number of likely N-dealkylation sites (tertiary alicyclic amines) is 1. The Morgan fingerprint density at radius 2 is 1.67 bits per heavy atom. The van der Waals surface area contributed by atoms with Crippen molar-refractivity contribution < 1.29 is 27.5 Å². The first-order valence-corrected chi connectivity index (χ1v) is 14.0. The average Bonchev–Trinajstić information content (AvgIpc) is 3.62. The number of nitrogens with one attached hydrogen (secondary N) is 1. The number of rotatable bonds is 11. The number of hydrogen-bond donors (Lipinski definition) is 1. The van der Waals surface area contributed by atoms with Crippen LogP contribution in [0.3, 0.4) is 0 Å². The van der Waals surface area contributed by atoms with Crippen LogP contribution in [-0.4, -0.2) is 43.0 Å². The fraction of sp³-hybridized carbons (Fsp3) is 0.548. The molecule has 1 unspecified atom stereocenters. The quantitative estimate of drug-likeness (QED) is 0.311. The number of amides is 2. The molecule has 212 valence electrons. The maximum absolute atomic E-state index is 13.3. The molecule has 1 aliphatic heterocycles. The van der Waals surface area contributed by atoms with Gasteiger partial charge in [0.2, 0.25) is 5.91 Å². The highest BCUT2D eigenvalue weighted by Gasteiger charge is 2.49. The molecule has 2 aromatic carbocycles. The number of benzene rings is 2. The van der Waals surface area contributed by atoms with Crippen LogP contribution in [0.2, 0.25) is 0 Å². The molecule has 1 heterocycles. The van der Waals surface area contributed by atoms with Crippen molar-refractivity contribution in [3.8, 4) is 5.75 Å². The molecule has 2 aliphatic rings. The van der Waals surface area contributed by atoms with Gasteiger partial charge in [-0.3, -0.25) is 9.59 Å². The molecule has 0 radical (unpaired) electrons. The molecule has 0 spiro atoms. The smallest absolute Gasteiger partial charge is 0.416 e. The van der Waals surface area contributed by atoms with E-state index in [4.69, 9.17) is 4.74 Å². The number of halogens is 3. The van der Waals surface area contributed by atoms with Gasteiger partial charge in [-0.05, 0) is 91.8 Å². The fourth-order valence-corrected chi connectivity index (χ4v) is 5.74. The van der Waals surface area contributed by atoms with E-state index in [1.54, 1.807) is 7.11 Å². The summed E-state index contributed by atoms with van der Waals surface area (Å²) in [4.78, 5) is 28.0. The van der Waals surface area contributed by atoms with E-state index in [9.17, 15) is 22.8 Å². The molecule has 3 atom stereocenters. The van der Waals surface area contributed by atoms with Gasteiger partial charge in [-0.25, -0.2) is 0 Å². The van der Waals surface area contributed by atoms with Gasteiger partial charge in [-0.15, -0.1) is 0 Å². The fourth-order valence-electron chi connectivity index (χ4n) is 5.74. The Balaban J connectivity index is 1.29. The molecule has 8 heteroatoms. The van der Waals surface area contributed by atoms with Crippen molar-refractivity contribution in [1.82, 2.24) is 10.2 Å². The first-order valence-electron chi connectivity index (χ1n) is 14.0. The van der Waals surface area contributed by atoms with E-state index in [2.05, 4.69) is 24.4 Å². The SMILES string of the molecule is COc1ccc([C@@H]2CC2(C)CCCCC[C@H](NC(=O)c2ccc(C(F)(F)F)cc2)C(=O)N2CCCCC2)cc1. The van der Waals surface area contributed by atoms with E-state index >= 15 is 0 Å². The summed E-state index contributed by atoms with van der Waals surface area (Å²) in [7, 11) is 1.67. The minimum Gasteiger partial charge on any atom is -0.497 e.